The van der Waals surface area contributed by atoms with Crippen molar-refractivity contribution in [2.45, 2.75) is 11.8 Å². The smallest absolute Gasteiger partial charge is 0.294 e. The average Bonchev–Trinajstić information content (AvgIpc) is 2.19. The van der Waals surface area contributed by atoms with Gasteiger partial charge in [0.1, 0.15) is 5.76 Å². The third-order valence-electron chi connectivity index (χ3n) is 1.92. The highest BCUT2D eigenvalue weighted by molar-refractivity contribution is 7.85. The van der Waals surface area contributed by atoms with Crippen LogP contribution in [0, 0.1) is 0 Å². The Morgan fingerprint density at radius 1 is 1.33 bits per heavy atom. The lowest BCUT2D eigenvalue weighted by atomic mass is 10.2. The molecule has 0 aliphatic heterocycles. The SMILES string of the molecule is CC=C(OC)c1ccc(S(=O)(=O)O)cc1. The number of benzene rings is 1. The van der Waals surface area contributed by atoms with E-state index in [1.807, 2.05) is 6.92 Å². The Kier molecular flexibility index (Phi) is 3.49. The van der Waals surface area contributed by atoms with Crippen LogP contribution in [0.4, 0.5) is 0 Å². The molecule has 1 aromatic rings. The van der Waals surface area contributed by atoms with Crippen molar-refractivity contribution in [1.82, 2.24) is 0 Å². The van der Waals surface area contributed by atoms with Crippen LogP contribution in [0.5, 0.6) is 0 Å². The van der Waals surface area contributed by atoms with Gasteiger partial charge in [-0.1, -0.05) is 0 Å². The quantitative estimate of drug-likeness (QED) is 0.634. The fourth-order valence-corrected chi connectivity index (χ4v) is 1.67. The summed E-state index contributed by atoms with van der Waals surface area (Å²) >= 11 is 0. The molecule has 1 rings (SSSR count). The molecule has 1 aromatic carbocycles. The van der Waals surface area contributed by atoms with E-state index in [9.17, 15) is 8.42 Å². The highest BCUT2D eigenvalue weighted by atomic mass is 32.2. The summed E-state index contributed by atoms with van der Waals surface area (Å²) < 4.78 is 35.3. The van der Waals surface area contributed by atoms with Crippen LogP contribution in [0.1, 0.15) is 12.5 Å². The third-order valence-corrected chi connectivity index (χ3v) is 2.79. The van der Waals surface area contributed by atoms with E-state index in [1.165, 1.54) is 19.2 Å². The van der Waals surface area contributed by atoms with E-state index in [4.69, 9.17) is 9.29 Å². The van der Waals surface area contributed by atoms with Crippen molar-refractivity contribution in [3.05, 3.63) is 35.9 Å². The minimum Gasteiger partial charge on any atom is -0.496 e. The minimum absolute atomic E-state index is 0.127. The fourth-order valence-electron chi connectivity index (χ4n) is 1.19. The molecular formula is C10H12O4S. The second kappa shape index (κ2) is 4.46. The summed E-state index contributed by atoms with van der Waals surface area (Å²) in [4.78, 5) is -0.127. The zero-order valence-corrected chi connectivity index (χ0v) is 9.28. The number of methoxy groups -OCH3 is 1. The maximum atomic E-state index is 10.8. The van der Waals surface area contributed by atoms with Gasteiger partial charge in [-0.3, -0.25) is 4.55 Å². The number of ether oxygens (including phenoxy) is 1. The molecule has 0 heterocycles. The second-order valence-corrected chi connectivity index (χ2v) is 4.28. The van der Waals surface area contributed by atoms with Crippen molar-refractivity contribution >= 4 is 15.9 Å². The van der Waals surface area contributed by atoms with Crippen LogP contribution in [0.3, 0.4) is 0 Å². The molecule has 0 fully saturated rings. The standard InChI is InChI=1S/C10H12O4S/c1-3-10(14-2)8-4-6-9(7-5-8)15(11,12)13/h3-7H,1-2H3,(H,11,12,13). The minimum atomic E-state index is -4.12. The first kappa shape index (κ1) is 11.7. The molecule has 0 saturated carbocycles. The Labute approximate surface area is 88.9 Å². The van der Waals surface area contributed by atoms with E-state index in [0.29, 0.717) is 5.76 Å². The lowest BCUT2D eigenvalue weighted by Gasteiger charge is -2.05. The normalized spacial score (nSPS) is 12.6. The van der Waals surface area contributed by atoms with E-state index >= 15 is 0 Å². The summed E-state index contributed by atoms with van der Waals surface area (Å²) in [7, 11) is -2.59. The van der Waals surface area contributed by atoms with Crippen molar-refractivity contribution in [2.75, 3.05) is 7.11 Å². The van der Waals surface area contributed by atoms with Gasteiger partial charge in [0.15, 0.2) is 0 Å². The molecule has 0 bridgehead atoms. The summed E-state index contributed by atoms with van der Waals surface area (Å²) in [5.74, 6) is 0.650. The molecule has 82 valence electrons. The summed E-state index contributed by atoms with van der Waals surface area (Å²) in [5.41, 5.74) is 0.757. The third kappa shape index (κ3) is 2.81. The number of rotatable bonds is 3. The van der Waals surface area contributed by atoms with Crippen LogP contribution in [-0.4, -0.2) is 20.1 Å². The van der Waals surface area contributed by atoms with Gasteiger partial charge < -0.3 is 4.74 Å². The van der Waals surface area contributed by atoms with E-state index in [0.717, 1.165) is 5.56 Å². The summed E-state index contributed by atoms with van der Waals surface area (Å²) in [6.07, 6.45) is 1.77. The molecule has 0 aliphatic carbocycles. The predicted octanol–water partition coefficient (Wildman–Crippen LogP) is 1.94. The molecule has 0 aliphatic rings. The Hall–Kier alpha value is -1.33. The molecule has 4 nitrogen and oxygen atoms in total. The molecule has 0 atom stereocenters. The van der Waals surface area contributed by atoms with Gasteiger partial charge in [-0.15, -0.1) is 0 Å². The monoisotopic (exact) mass is 228 g/mol. The van der Waals surface area contributed by atoms with Crippen LogP contribution in [-0.2, 0) is 14.9 Å². The van der Waals surface area contributed by atoms with Gasteiger partial charge in [0.25, 0.3) is 10.1 Å². The molecule has 0 amide bonds. The Bertz CT molecular complexity index is 457. The van der Waals surface area contributed by atoms with Gasteiger partial charge in [0, 0.05) is 5.56 Å². The molecule has 0 unspecified atom stereocenters. The Morgan fingerprint density at radius 3 is 2.20 bits per heavy atom. The molecular weight excluding hydrogens is 216 g/mol. The first-order valence-corrected chi connectivity index (χ1v) is 5.71. The van der Waals surface area contributed by atoms with Crippen LogP contribution >= 0.6 is 0 Å². The van der Waals surface area contributed by atoms with Crippen molar-refractivity contribution in [3.63, 3.8) is 0 Å². The lowest BCUT2D eigenvalue weighted by molar-refractivity contribution is 0.369. The molecule has 1 N–H and O–H groups in total. The van der Waals surface area contributed by atoms with E-state index in [-0.39, 0.29) is 4.90 Å². The van der Waals surface area contributed by atoms with Crippen LogP contribution in [0.2, 0.25) is 0 Å². The maximum absolute atomic E-state index is 10.8. The van der Waals surface area contributed by atoms with Crippen LogP contribution in [0.25, 0.3) is 5.76 Å². The van der Waals surface area contributed by atoms with Gasteiger partial charge in [0.2, 0.25) is 0 Å². The van der Waals surface area contributed by atoms with E-state index in [1.54, 1.807) is 18.2 Å². The van der Waals surface area contributed by atoms with Crippen LogP contribution < -0.4 is 0 Å². The molecule has 5 heteroatoms. The van der Waals surface area contributed by atoms with Crippen molar-refractivity contribution < 1.29 is 17.7 Å². The van der Waals surface area contributed by atoms with E-state index < -0.39 is 10.1 Å². The molecule has 0 spiro atoms. The second-order valence-electron chi connectivity index (χ2n) is 2.86. The molecule has 0 radical (unpaired) electrons. The largest absolute Gasteiger partial charge is 0.496 e. The summed E-state index contributed by atoms with van der Waals surface area (Å²) in [6.45, 7) is 1.82. The Morgan fingerprint density at radius 2 is 1.87 bits per heavy atom. The summed E-state index contributed by atoms with van der Waals surface area (Å²) in [6, 6.07) is 5.80. The highest BCUT2D eigenvalue weighted by Gasteiger charge is 2.09. The first-order valence-electron chi connectivity index (χ1n) is 4.27. The highest BCUT2D eigenvalue weighted by Crippen LogP contribution is 2.17. The average molecular weight is 228 g/mol. The number of hydrogen-bond acceptors (Lipinski definition) is 3. The van der Waals surface area contributed by atoms with E-state index in [2.05, 4.69) is 0 Å². The molecule has 0 aromatic heterocycles. The zero-order chi connectivity index (χ0) is 11.5. The maximum Gasteiger partial charge on any atom is 0.294 e. The van der Waals surface area contributed by atoms with Gasteiger partial charge in [0.05, 0.1) is 12.0 Å². The number of hydrogen-bond donors (Lipinski definition) is 1. The van der Waals surface area contributed by atoms with Gasteiger partial charge in [-0.05, 0) is 37.3 Å². The zero-order valence-electron chi connectivity index (χ0n) is 8.47. The molecule has 0 saturated heterocycles. The summed E-state index contributed by atoms with van der Waals surface area (Å²) in [5, 5.41) is 0. The predicted molar refractivity (Wildman–Crippen MR) is 56.9 cm³/mol. The number of allylic oxidation sites excluding steroid dienone is 1. The van der Waals surface area contributed by atoms with Crippen LogP contribution in [0.15, 0.2) is 35.2 Å². The topological polar surface area (TPSA) is 63.6 Å². The lowest BCUT2D eigenvalue weighted by Crippen LogP contribution is -1.98. The van der Waals surface area contributed by atoms with Gasteiger partial charge >= 0.3 is 0 Å². The van der Waals surface area contributed by atoms with Crippen molar-refractivity contribution in [2.24, 2.45) is 0 Å². The first-order chi connectivity index (χ1) is 6.99. The Balaban J connectivity index is 3.11. The van der Waals surface area contributed by atoms with Crippen molar-refractivity contribution in [1.29, 1.82) is 0 Å². The fraction of sp³-hybridized carbons (Fsp3) is 0.200. The molecule has 15 heavy (non-hydrogen) atoms. The van der Waals surface area contributed by atoms with Gasteiger partial charge in [-0.2, -0.15) is 8.42 Å². The van der Waals surface area contributed by atoms with Gasteiger partial charge in [-0.25, -0.2) is 0 Å². The van der Waals surface area contributed by atoms with Crippen molar-refractivity contribution in [3.8, 4) is 0 Å².